The predicted molar refractivity (Wildman–Crippen MR) is 40.0 cm³/mol. The number of ether oxygens (including phenoxy) is 1. The SMILES string of the molecule is CO[C@@H](c1ccncc1)C(F)(F)F. The molecule has 0 N–H and O–H groups in total. The molecule has 0 fully saturated rings. The van der Waals surface area contributed by atoms with Gasteiger partial charge in [0.2, 0.25) is 0 Å². The largest absolute Gasteiger partial charge is 0.418 e. The Kier molecular flexibility index (Phi) is 2.87. The van der Waals surface area contributed by atoms with Gasteiger partial charge in [-0.3, -0.25) is 4.98 Å². The van der Waals surface area contributed by atoms with E-state index in [4.69, 9.17) is 0 Å². The highest BCUT2D eigenvalue weighted by molar-refractivity contribution is 5.14. The number of alkyl halides is 3. The van der Waals surface area contributed by atoms with Crippen molar-refractivity contribution in [2.75, 3.05) is 7.11 Å². The highest BCUT2D eigenvalue weighted by Crippen LogP contribution is 2.34. The lowest BCUT2D eigenvalue weighted by molar-refractivity contribution is -0.215. The van der Waals surface area contributed by atoms with Crippen LogP contribution in [0.4, 0.5) is 13.2 Å². The topological polar surface area (TPSA) is 22.1 Å². The average molecular weight is 191 g/mol. The van der Waals surface area contributed by atoms with Gasteiger partial charge in [-0.2, -0.15) is 13.2 Å². The van der Waals surface area contributed by atoms with Gasteiger partial charge in [0, 0.05) is 19.5 Å². The van der Waals surface area contributed by atoms with Crippen LogP contribution in [-0.4, -0.2) is 18.3 Å². The molecule has 5 heteroatoms. The first-order valence-corrected chi connectivity index (χ1v) is 3.55. The molecule has 1 rings (SSSR count). The lowest BCUT2D eigenvalue weighted by Gasteiger charge is -2.18. The molecule has 1 atom stereocenters. The second kappa shape index (κ2) is 3.74. The number of hydrogen-bond donors (Lipinski definition) is 0. The van der Waals surface area contributed by atoms with Crippen molar-refractivity contribution < 1.29 is 17.9 Å². The zero-order chi connectivity index (χ0) is 9.90. The summed E-state index contributed by atoms with van der Waals surface area (Å²) >= 11 is 0. The number of halogens is 3. The van der Waals surface area contributed by atoms with Crippen LogP contribution < -0.4 is 0 Å². The van der Waals surface area contributed by atoms with E-state index in [0.29, 0.717) is 0 Å². The second-order valence-electron chi connectivity index (χ2n) is 2.44. The van der Waals surface area contributed by atoms with Crippen molar-refractivity contribution in [3.05, 3.63) is 30.1 Å². The maximum atomic E-state index is 12.3. The molecule has 0 aliphatic rings. The normalized spacial score (nSPS) is 14.2. The van der Waals surface area contributed by atoms with Crippen molar-refractivity contribution in [3.63, 3.8) is 0 Å². The maximum Gasteiger partial charge on any atom is 0.418 e. The number of nitrogens with zero attached hydrogens (tertiary/aromatic N) is 1. The molecule has 0 aromatic carbocycles. The molecule has 1 aromatic rings. The zero-order valence-electron chi connectivity index (χ0n) is 6.88. The molecule has 13 heavy (non-hydrogen) atoms. The summed E-state index contributed by atoms with van der Waals surface area (Å²) in [5, 5.41) is 0. The Labute approximate surface area is 73.4 Å². The quantitative estimate of drug-likeness (QED) is 0.715. The first kappa shape index (κ1) is 9.98. The average Bonchev–Trinajstić information content (AvgIpc) is 2.05. The molecule has 0 bridgehead atoms. The minimum absolute atomic E-state index is 0.0602. The van der Waals surface area contributed by atoms with Gasteiger partial charge in [0.15, 0.2) is 6.10 Å². The Morgan fingerprint density at radius 3 is 2.23 bits per heavy atom. The minimum Gasteiger partial charge on any atom is -0.367 e. The highest BCUT2D eigenvalue weighted by atomic mass is 19.4. The Morgan fingerprint density at radius 2 is 1.85 bits per heavy atom. The van der Waals surface area contributed by atoms with Crippen LogP contribution in [0, 0.1) is 0 Å². The Balaban J connectivity index is 2.92. The van der Waals surface area contributed by atoms with Gasteiger partial charge in [0.05, 0.1) is 0 Å². The monoisotopic (exact) mass is 191 g/mol. The lowest BCUT2D eigenvalue weighted by atomic mass is 10.1. The molecule has 0 spiro atoms. The van der Waals surface area contributed by atoms with Crippen LogP contribution in [0.15, 0.2) is 24.5 Å². The smallest absolute Gasteiger partial charge is 0.367 e. The van der Waals surface area contributed by atoms with Crippen LogP contribution in [0.1, 0.15) is 11.7 Å². The zero-order valence-corrected chi connectivity index (χ0v) is 6.88. The number of methoxy groups -OCH3 is 1. The summed E-state index contributed by atoms with van der Waals surface area (Å²) in [4.78, 5) is 3.62. The first-order valence-electron chi connectivity index (χ1n) is 3.55. The minimum atomic E-state index is -4.38. The maximum absolute atomic E-state index is 12.3. The van der Waals surface area contributed by atoms with Gasteiger partial charge in [-0.15, -0.1) is 0 Å². The van der Waals surface area contributed by atoms with Crippen molar-refractivity contribution >= 4 is 0 Å². The molecule has 0 saturated carbocycles. The molecular weight excluding hydrogens is 183 g/mol. The van der Waals surface area contributed by atoms with E-state index in [2.05, 4.69) is 9.72 Å². The van der Waals surface area contributed by atoms with Crippen LogP contribution >= 0.6 is 0 Å². The predicted octanol–water partition coefficient (Wildman–Crippen LogP) is 2.33. The highest BCUT2D eigenvalue weighted by Gasteiger charge is 2.40. The van der Waals surface area contributed by atoms with Gasteiger partial charge < -0.3 is 4.74 Å². The van der Waals surface area contributed by atoms with Crippen molar-refractivity contribution in [2.45, 2.75) is 12.3 Å². The lowest BCUT2D eigenvalue weighted by Crippen LogP contribution is -2.22. The number of pyridine rings is 1. The van der Waals surface area contributed by atoms with Gasteiger partial charge >= 0.3 is 6.18 Å². The summed E-state index contributed by atoms with van der Waals surface area (Å²) in [7, 11) is 1.03. The Morgan fingerprint density at radius 1 is 1.31 bits per heavy atom. The molecule has 0 saturated heterocycles. The molecular formula is C8H8F3NO. The Bertz CT molecular complexity index is 260. The molecule has 0 radical (unpaired) electrons. The van der Waals surface area contributed by atoms with Gasteiger partial charge in [-0.05, 0) is 17.7 Å². The van der Waals surface area contributed by atoms with Gasteiger partial charge in [-0.25, -0.2) is 0 Å². The van der Waals surface area contributed by atoms with Crippen LogP contribution in [0.25, 0.3) is 0 Å². The van der Waals surface area contributed by atoms with Gasteiger partial charge in [0.25, 0.3) is 0 Å². The summed E-state index contributed by atoms with van der Waals surface area (Å²) in [5.41, 5.74) is 0.0602. The van der Waals surface area contributed by atoms with E-state index in [9.17, 15) is 13.2 Å². The molecule has 1 aromatic heterocycles. The van der Waals surface area contributed by atoms with Crippen LogP contribution in [0.3, 0.4) is 0 Å². The summed E-state index contributed by atoms with van der Waals surface area (Å²) < 4.78 is 41.1. The van der Waals surface area contributed by atoms with E-state index >= 15 is 0 Å². The van der Waals surface area contributed by atoms with Gasteiger partial charge in [-0.1, -0.05) is 0 Å². The molecule has 2 nitrogen and oxygen atoms in total. The molecule has 72 valence electrons. The van der Waals surface area contributed by atoms with Crippen molar-refractivity contribution in [3.8, 4) is 0 Å². The molecule has 0 aliphatic carbocycles. The van der Waals surface area contributed by atoms with E-state index in [1.807, 2.05) is 0 Å². The summed E-state index contributed by atoms with van der Waals surface area (Å²) in [5.74, 6) is 0. The third kappa shape index (κ3) is 2.42. The number of rotatable bonds is 2. The number of aromatic nitrogens is 1. The van der Waals surface area contributed by atoms with Crippen molar-refractivity contribution in [2.24, 2.45) is 0 Å². The van der Waals surface area contributed by atoms with E-state index in [1.54, 1.807) is 0 Å². The van der Waals surface area contributed by atoms with Gasteiger partial charge in [0.1, 0.15) is 0 Å². The third-order valence-corrected chi connectivity index (χ3v) is 1.54. The standard InChI is InChI=1S/C8H8F3NO/c1-13-7(8(9,10)11)6-2-4-12-5-3-6/h2-5,7H,1H3/t7-/m0/s1. The summed E-state index contributed by atoms with van der Waals surface area (Å²) in [6, 6.07) is 2.56. The van der Waals surface area contributed by atoms with Crippen molar-refractivity contribution in [1.82, 2.24) is 4.98 Å². The fourth-order valence-electron chi connectivity index (χ4n) is 0.997. The third-order valence-electron chi connectivity index (χ3n) is 1.54. The summed E-state index contributed by atoms with van der Waals surface area (Å²) in [6.45, 7) is 0. The Hall–Kier alpha value is -1.10. The fraction of sp³-hybridized carbons (Fsp3) is 0.375. The summed E-state index contributed by atoms with van der Waals surface area (Å²) in [6.07, 6.45) is -3.65. The van der Waals surface area contributed by atoms with E-state index < -0.39 is 12.3 Å². The molecule has 0 aliphatic heterocycles. The van der Waals surface area contributed by atoms with Crippen molar-refractivity contribution in [1.29, 1.82) is 0 Å². The molecule has 0 unspecified atom stereocenters. The second-order valence-corrected chi connectivity index (χ2v) is 2.44. The van der Waals surface area contributed by atoms with Crippen LogP contribution in [0.2, 0.25) is 0 Å². The van der Waals surface area contributed by atoms with E-state index in [-0.39, 0.29) is 5.56 Å². The van der Waals surface area contributed by atoms with Crippen LogP contribution in [0.5, 0.6) is 0 Å². The molecule has 0 amide bonds. The van der Waals surface area contributed by atoms with E-state index in [0.717, 1.165) is 7.11 Å². The molecule has 1 heterocycles. The first-order chi connectivity index (χ1) is 6.05. The van der Waals surface area contributed by atoms with Crippen LogP contribution in [-0.2, 0) is 4.74 Å². The fourth-order valence-corrected chi connectivity index (χ4v) is 0.997. The number of hydrogen-bond acceptors (Lipinski definition) is 2. The van der Waals surface area contributed by atoms with E-state index in [1.165, 1.54) is 24.5 Å².